The van der Waals surface area contributed by atoms with Crippen LogP contribution in [-0.2, 0) is 21.2 Å². The van der Waals surface area contributed by atoms with E-state index in [1.54, 1.807) is 31.4 Å². The summed E-state index contributed by atoms with van der Waals surface area (Å²) in [4.78, 5) is 11.5. The topological polar surface area (TPSA) is 150 Å². The average Bonchev–Trinajstić information content (AvgIpc) is 3.34. The summed E-state index contributed by atoms with van der Waals surface area (Å²) in [5.74, 6) is 0.381. The molecule has 1 heterocycles. The molecule has 3 N–H and O–H groups in total. The minimum atomic E-state index is -3.89. The second-order valence-electron chi connectivity index (χ2n) is 6.55. The fourth-order valence-corrected chi connectivity index (χ4v) is 4.33. The van der Waals surface area contributed by atoms with Crippen molar-refractivity contribution in [2.24, 2.45) is 0 Å². The van der Waals surface area contributed by atoms with Crippen LogP contribution in [0.2, 0.25) is 0 Å². The van der Waals surface area contributed by atoms with Crippen molar-refractivity contribution >= 4 is 15.9 Å². The van der Waals surface area contributed by atoms with E-state index < -0.39 is 15.9 Å². The molecule has 0 atom stereocenters. The summed E-state index contributed by atoms with van der Waals surface area (Å²) in [5.41, 5.74) is 3.05. The smallest absolute Gasteiger partial charge is 0.244 e. The Morgan fingerprint density at radius 2 is 1.84 bits per heavy atom. The van der Waals surface area contributed by atoms with Crippen molar-refractivity contribution in [2.45, 2.75) is 17.7 Å². The molecule has 164 valence electrons. The van der Waals surface area contributed by atoms with Crippen LogP contribution in [0.15, 0.2) is 53.4 Å². The summed E-state index contributed by atoms with van der Waals surface area (Å²) in [6.07, 6.45) is 0.254. The second kappa shape index (κ2) is 10.1. The second-order valence-corrected chi connectivity index (χ2v) is 8.48. The average molecular weight is 446 g/mol. The quantitative estimate of drug-likeness (QED) is 0.308. The third-order valence-electron chi connectivity index (χ3n) is 4.62. The minimum absolute atomic E-state index is 0.0684. The Morgan fingerprint density at radius 3 is 2.42 bits per heavy atom. The molecule has 0 aliphatic heterocycles. The van der Waals surface area contributed by atoms with Crippen molar-refractivity contribution in [1.29, 1.82) is 0 Å². The molecule has 1 aromatic heterocycles. The molecular weight excluding hydrogens is 424 g/mol. The number of nitrogens with one attached hydrogen (secondary N) is 2. The number of ether oxygens (including phenoxy) is 1. The van der Waals surface area contributed by atoms with Crippen molar-refractivity contribution in [3.63, 3.8) is 0 Å². The number of hydrogen-bond donors (Lipinski definition) is 3. The summed E-state index contributed by atoms with van der Waals surface area (Å²) in [7, 11) is -2.32. The Kier molecular flexibility index (Phi) is 7.28. The fourth-order valence-electron chi connectivity index (χ4n) is 2.89. The number of methoxy groups -OCH3 is 1. The van der Waals surface area contributed by atoms with Crippen LogP contribution in [0, 0.1) is 0 Å². The summed E-state index contributed by atoms with van der Waals surface area (Å²) < 4.78 is 32.8. The number of aromatic amines is 1. The van der Waals surface area contributed by atoms with E-state index in [0.717, 1.165) is 5.56 Å². The van der Waals surface area contributed by atoms with Gasteiger partial charge in [0.2, 0.25) is 21.8 Å². The highest BCUT2D eigenvalue weighted by Gasteiger charge is 2.25. The zero-order valence-electron chi connectivity index (χ0n) is 16.7. The van der Waals surface area contributed by atoms with Crippen molar-refractivity contribution in [2.75, 3.05) is 20.2 Å². The predicted molar refractivity (Wildman–Crippen MR) is 110 cm³/mol. The third-order valence-corrected chi connectivity index (χ3v) is 6.53. The predicted octanol–water partition coefficient (Wildman–Crippen LogP) is 1.00. The summed E-state index contributed by atoms with van der Waals surface area (Å²) in [6, 6.07) is 13.4. The molecule has 31 heavy (non-hydrogen) atoms. The Hall–Kier alpha value is -3.35. The van der Waals surface area contributed by atoms with Crippen LogP contribution in [0.5, 0.6) is 5.75 Å². The van der Waals surface area contributed by atoms with E-state index in [2.05, 4.69) is 20.6 Å². The van der Waals surface area contributed by atoms with Gasteiger partial charge in [-0.1, -0.05) is 12.1 Å². The number of hydroxylamine groups is 1. The van der Waals surface area contributed by atoms with Crippen molar-refractivity contribution in [3.05, 3.63) is 54.1 Å². The Balaban J connectivity index is 1.79. The highest BCUT2D eigenvalue weighted by atomic mass is 32.2. The lowest BCUT2D eigenvalue weighted by Crippen LogP contribution is -2.36. The summed E-state index contributed by atoms with van der Waals surface area (Å²) in [6.45, 7) is 0.0669. The van der Waals surface area contributed by atoms with Crippen LogP contribution in [0.4, 0.5) is 0 Å². The SMILES string of the molecule is COc1ccc(CCN(CCC(=O)NO)S(=O)(=O)c2ccc(-c3nn[nH]n3)cc2)cc1. The van der Waals surface area contributed by atoms with Gasteiger partial charge in [-0.3, -0.25) is 10.0 Å². The molecular formula is C19H22N6O5S. The number of H-pyrrole nitrogens is 1. The number of sulfonamides is 1. The maximum absolute atomic E-state index is 13.2. The molecule has 0 spiro atoms. The zero-order valence-corrected chi connectivity index (χ0v) is 17.5. The van der Waals surface area contributed by atoms with Gasteiger partial charge in [0.05, 0.1) is 12.0 Å². The molecule has 0 bridgehead atoms. The Bertz CT molecular complexity index is 1090. The van der Waals surface area contributed by atoms with Gasteiger partial charge in [-0.15, -0.1) is 10.2 Å². The van der Waals surface area contributed by atoms with Crippen LogP contribution in [0.3, 0.4) is 0 Å². The van der Waals surface area contributed by atoms with E-state index in [1.807, 2.05) is 12.1 Å². The molecule has 0 saturated heterocycles. The van der Waals surface area contributed by atoms with Crippen LogP contribution < -0.4 is 10.2 Å². The maximum Gasteiger partial charge on any atom is 0.244 e. The van der Waals surface area contributed by atoms with Crippen molar-refractivity contribution in [3.8, 4) is 17.1 Å². The standard InChI is InChI=1S/C19H22N6O5S/c1-30-16-6-2-14(3-7-16)10-12-25(13-11-18(26)22-27)31(28,29)17-8-4-15(5-9-17)19-20-23-24-21-19/h2-9,27H,10-13H2,1H3,(H,22,26)(H,20,21,23,24). The lowest BCUT2D eigenvalue weighted by molar-refractivity contribution is -0.129. The molecule has 0 radical (unpaired) electrons. The Labute approximate surface area is 179 Å². The first-order chi connectivity index (χ1) is 14.9. The number of tetrazole rings is 1. The van der Waals surface area contributed by atoms with Crippen LogP contribution >= 0.6 is 0 Å². The first-order valence-corrected chi connectivity index (χ1v) is 10.8. The van der Waals surface area contributed by atoms with E-state index in [-0.39, 0.29) is 24.4 Å². The van der Waals surface area contributed by atoms with E-state index in [0.29, 0.717) is 23.6 Å². The van der Waals surface area contributed by atoms with Gasteiger partial charge in [0, 0.05) is 25.1 Å². The van der Waals surface area contributed by atoms with Gasteiger partial charge in [0.25, 0.3) is 0 Å². The summed E-state index contributed by atoms with van der Waals surface area (Å²) in [5, 5.41) is 22.3. The molecule has 0 aliphatic carbocycles. The van der Waals surface area contributed by atoms with Crippen molar-refractivity contribution in [1.82, 2.24) is 30.4 Å². The van der Waals surface area contributed by atoms with E-state index in [1.165, 1.54) is 21.9 Å². The molecule has 0 unspecified atom stereocenters. The number of carbonyl (C=O) groups is 1. The molecule has 3 aromatic rings. The number of amides is 1. The van der Waals surface area contributed by atoms with Gasteiger partial charge in [-0.05, 0) is 53.6 Å². The number of aromatic nitrogens is 4. The molecule has 0 aliphatic rings. The number of hydrogen-bond acceptors (Lipinski definition) is 8. The van der Waals surface area contributed by atoms with E-state index in [9.17, 15) is 13.2 Å². The number of rotatable bonds is 10. The largest absolute Gasteiger partial charge is 0.497 e. The minimum Gasteiger partial charge on any atom is -0.497 e. The Morgan fingerprint density at radius 1 is 1.13 bits per heavy atom. The number of nitrogens with zero attached hydrogens (tertiary/aromatic N) is 4. The molecule has 0 saturated carbocycles. The normalized spacial score (nSPS) is 11.5. The molecule has 0 fully saturated rings. The number of benzene rings is 2. The van der Waals surface area contributed by atoms with Crippen LogP contribution in [-0.4, -0.2) is 64.7 Å². The first kappa shape index (κ1) is 22.3. The molecule has 11 nitrogen and oxygen atoms in total. The van der Waals surface area contributed by atoms with Crippen LogP contribution in [0.25, 0.3) is 11.4 Å². The fraction of sp³-hybridized carbons (Fsp3) is 0.263. The lowest BCUT2D eigenvalue weighted by Gasteiger charge is -2.22. The first-order valence-electron chi connectivity index (χ1n) is 9.34. The van der Waals surface area contributed by atoms with Crippen LogP contribution in [0.1, 0.15) is 12.0 Å². The molecule has 12 heteroatoms. The highest BCUT2D eigenvalue weighted by molar-refractivity contribution is 7.89. The van der Waals surface area contributed by atoms with Gasteiger partial charge in [0.15, 0.2) is 0 Å². The van der Waals surface area contributed by atoms with E-state index >= 15 is 0 Å². The van der Waals surface area contributed by atoms with Gasteiger partial charge >= 0.3 is 0 Å². The lowest BCUT2D eigenvalue weighted by atomic mass is 10.1. The molecule has 2 aromatic carbocycles. The van der Waals surface area contributed by atoms with Gasteiger partial charge in [-0.2, -0.15) is 9.52 Å². The molecule has 3 rings (SSSR count). The van der Waals surface area contributed by atoms with Gasteiger partial charge in [-0.25, -0.2) is 13.9 Å². The number of carbonyl (C=O) groups excluding carboxylic acids is 1. The van der Waals surface area contributed by atoms with Gasteiger partial charge < -0.3 is 4.74 Å². The molecule has 1 amide bonds. The van der Waals surface area contributed by atoms with E-state index in [4.69, 9.17) is 9.94 Å². The van der Waals surface area contributed by atoms with Gasteiger partial charge in [0.1, 0.15) is 5.75 Å². The zero-order chi connectivity index (χ0) is 22.3. The highest BCUT2D eigenvalue weighted by Crippen LogP contribution is 2.21. The third kappa shape index (κ3) is 5.63. The van der Waals surface area contributed by atoms with Crippen molar-refractivity contribution < 1.29 is 23.2 Å². The monoisotopic (exact) mass is 446 g/mol. The maximum atomic E-state index is 13.2. The summed E-state index contributed by atoms with van der Waals surface area (Å²) >= 11 is 0.